The molecule has 0 atom stereocenters. The van der Waals surface area contributed by atoms with Crippen molar-refractivity contribution in [1.29, 1.82) is 0 Å². The fourth-order valence-corrected chi connectivity index (χ4v) is 3.02. The molecule has 3 heterocycles. The van der Waals surface area contributed by atoms with E-state index in [0.29, 0.717) is 38.0 Å². The van der Waals surface area contributed by atoms with Gasteiger partial charge in [-0.3, -0.25) is 9.78 Å². The lowest BCUT2D eigenvalue weighted by molar-refractivity contribution is -0.141. The van der Waals surface area contributed by atoms with Gasteiger partial charge in [0.05, 0.1) is 5.69 Å². The number of anilines is 2. The first kappa shape index (κ1) is 16.8. The number of H-pyrrole nitrogens is 1. The van der Waals surface area contributed by atoms with Crippen molar-refractivity contribution >= 4 is 11.8 Å². The van der Waals surface area contributed by atoms with Crippen LogP contribution in [0.4, 0.5) is 24.9 Å². The molecule has 2 fully saturated rings. The van der Waals surface area contributed by atoms with Crippen LogP contribution < -0.4 is 15.4 Å². The maximum absolute atomic E-state index is 12.8. The van der Waals surface area contributed by atoms with E-state index in [9.17, 15) is 18.0 Å². The van der Waals surface area contributed by atoms with Crippen LogP contribution in [-0.4, -0.2) is 46.1 Å². The zero-order chi connectivity index (χ0) is 18.3. The number of hydrogen-bond donors (Lipinski definition) is 1. The summed E-state index contributed by atoms with van der Waals surface area (Å²) in [4.78, 5) is 30.1. The lowest BCUT2D eigenvalue weighted by Crippen LogP contribution is -2.48. The molecule has 10 heteroatoms. The zero-order valence-electron chi connectivity index (χ0n) is 13.8. The van der Waals surface area contributed by atoms with Crippen LogP contribution in [0.2, 0.25) is 0 Å². The van der Waals surface area contributed by atoms with Gasteiger partial charge in [0, 0.05) is 44.2 Å². The van der Waals surface area contributed by atoms with Crippen molar-refractivity contribution in [3.05, 3.63) is 40.2 Å². The van der Waals surface area contributed by atoms with Crippen LogP contribution in [0.15, 0.2) is 23.3 Å². The summed E-state index contributed by atoms with van der Waals surface area (Å²) in [5.74, 6) is 1.15. The number of hydrogen-bond acceptors (Lipinski definition) is 6. The van der Waals surface area contributed by atoms with E-state index in [1.807, 2.05) is 4.90 Å². The molecule has 26 heavy (non-hydrogen) atoms. The maximum atomic E-state index is 12.8. The average Bonchev–Trinajstić information content (AvgIpc) is 3.46. The normalized spacial score (nSPS) is 18.3. The summed E-state index contributed by atoms with van der Waals surface area (Å²) in [6.07, 6.45) is -1.45. The Kier molecular flexibility index (Phi) is 4.04. The molecule has 0 spiro atoms. The number of aromatic nitrogens is 4. The van der Waals surface area contributed by atoms with Gasteiger partial charge in [0.25, 0.3) is 5.56 Å². The predicted molar refractivity (Wildman–Crippen MR) is 88.3 cm³/mol. The van der Waals surface area contributed by atoms with Crippen molar-refractivity contribution in [2.75, 3.05) is 36.0 Å². The van der Waals surface area contributed by atoms with E-state index in [1.54, 1.807) is 4.90 Å². The van der Waals surface area contributed by atoms with Gasteiger partial charge in [0.2, 0.25) is 5.95 Å². The van der Waals surface area contributed by atoms with Crippen LogP contribution in [0, 0.1) is 0 Å². The van der Waals surface area contributed by atoms with E-state index in [0.717, 1.165) is 30.9 Å². The fraction of sp³-hybridized carbons (Fsp3) is 0.500. The third kappa shape index (κ3) is 3.49. The highest BCUT2D eigenvalue weighted by Gasteiger charge is 2.33. The van der Waals surface area contributed by atoms with E-state index in [1.165, 1.54) is 6.07 Å². The van der Waals surface area contributed by atoms with Crippen LogP contribution in [0.5, 0.6) is 0 Å². The second-order valence-corrected chi connectivity index (χ2v) is 6.50. The molecule has 0 bridgehead atoms. The van der Waals surface area contributed by atoms with Gasteiger partial charge in [-0.05, 0) is 12.8 Å². The number of halogens is 3. The van der Waals surface area contributed by atoms with Gasteiger partial charge in [-0.1, -0.05) is 0 Å². The minimum Gasteiger partial charge on any atom is -0.353 e. The summed E-state index contributed by atoms with van der Waals surface area (Å²) >= 11 is 0. The van der Waals surface area contributed by atoms with Gasteiger partial charge in [-0.2, -0.15) is 13.2 Å². The van der Waals surface area contributed by atoms with E-state index in [-0.39, 0.29) is 11.4 Å². The molecule has 7 nitrogen and oxygen atoms in total. The van der Waals surface area contributed by atoms with E-state index >= 15 is 0 Å². The fourth-order valence-electron chi connectivity index (χ4n) is 3.02. The Labute approximate surface area is 146 Å². The largest absolute Gasteiger partial charge is 0.433 e. The highest BCUT2D eigenvalue weighted by molar-refractivity contribution is 5.43. The van der Waals surface area contributed by atoms with Gasteiger partial charge >= 0.3 is 6.18 Å². The Morgan fingerprint density at radius 1 is 1.04 bits per heavy atom. The van der Waals surface area contributed by atoms with E-state index in [4.69, 9.17) is 0 Å². The molecule has 2 aliphatic rings. The van der Waals surface area contributed by atoms with Gasteiger partial charge in [-0.15, -0.1) is 0 Å². The molecule has 1 N–H and O–H groups in total. The molecule has 138 valence electrons. The van der Waals surface area contributed by atoms with Crippen molar-refractivity contribution in [3.8, 4) is 0 Å². The van der Waals surface area contributed by atoms with Crippen LogP contribution in [0.25, 0.3) is 0 Å². The molecule has 1 aliphatic heterocycles. The van der Waals surface area contributed by atoms with Gasteiger partial charge in [0.1, 0.15) is 17.8 Å². The molecule has 2 aromatic heterocycles. The Hall–Kier alpha value is -2.65. The van der Waals surface area contributed by atoms with E-state index in [2.05, 4.69) is 19.9 Å². The maximum Gasteiger partial charge on any atom is 0.433 e. The summed E-state index contributed by atoms with van der Waals surface area (Å²) in [5, 5.41) is 0. The van der Waals surface area contributed by atoms with Gasteiger partial charge in [0.15, 0.2) is 0 Å². The molecular formula is C16H17F3N6O. The van der Waals surface area contributed by atoms with Gasteiger partial charge < -0.3 is 9.80 Å². The summed E-state index contributed by atoms with van der Waals surface area (Å²) < 4.78 is 38.4. The third-order valence-electron chi connectivity index (χ3n) is 4.59. The first-order valence-corrected chi connectivity index (χ1v) is 8.40. The first-order valence-electron chi connectivity index (χ1n) is 8.40. The smallest absolute Gasteiger partial charge is 0.353 e. The second kappa shape index (κ2) is 6.26. The number of piperazine rings is 1. The lowest BCUT2D eigenvalue weighted by atomic mass is 10.2. The molecule has 0 amide bonds. The second-order valence-electron chi connectivity index (χ2n) is 6.50. The van der Waals surface area contributed by atoms with Crippen LogP contribution in [0.1, 0.15) is 30.1 Å². The number of aromatic amines is 1. The SMILES string of the molecule is O=c1cc(C2CC2)nc(N2CCN(c3cc(C(F)(F)F)ncn3)CC2)[nH]1. The molecular weight excluding hydrogens is 349 g/mol. The van der Waals surface area contributed by atoms with Crippen LogP contribution in [-0.2, 0) is 6.18 Å². The number of alkyl halides is 3. The average molecular weight is 366 g/mol. The Balaban J connectivity index is 1.47. The Bertz CT molecular complexity index is 856. The highest BCUT2D eigenvalue weighted by atomic mass is 19.4. The number of nitrogens with one attached hydrogen (secondary N) is 1. The molecule has 0 aromatic carbocycles. The predicted octanol–water partition coefficient (Wildman–Crippen LogP) is 1.78. The minimum atomic E-state index is -4.49. The first-order chi connectivity index (χ1) is 12.4. The summed E-state index contributed by atoms with van der Waals surface area (Å²) in [6, 6.07) is 2.50. The Morgan fingerprint density at radius 2 is 1.73 bits per heavy atom. The van der Waals surface area contributed by atoms with Gasteiger partial charge in [-0.25, -0.2) is 15.0 Å². The summed E-state index contributed by atoms with van der Waals surface area (Å²) in [5.41, 5.74) is -0.310. The summed E-state index contributed by atoms with van der Waals surface area (Å²) in [6.45, 7) is 2.02. The van der Waals surface area contributed by atoms with E-state index < -0.39 is 11.9 Å². The standard InChI is InChI=1S/C16H17F3N6O/c17-16(18,19)12-8-13(21-9-20-12)24-3-5-25(6-4-24)15-22-11(10-1-2-10)7-14(26)23-15/h7-10H,1-6H2,(H,22,23,26). The lowest BCUT2D eigenvalue weighted by Gasteiger charge is -2.35. The van der Waals surface area contributed by atoms with Crippen molar-refractivity contribution in [2.24, 2.45) is 0 Å². The zero-order valence-corrected chi connectivity index (χ0v) is 13.8. The van der Waals surface area contributed by atoms with Crippen molar-refractivity contribution in [3.63, 3.8) is 0 Å². The highest BCUT2D eigenvalue weighted by Crippen LogP contribution is 2.38. The molecule has 1 aliphatic carbocycles. The molecule has 2 aromatic rings. The monoisotopic (exact) mass is 366 g/mol. The molecule has 0 radical (unpaired) electrons. The topological polar surface area (TPSA) is 78.0 Å². The third-order valence-corrected chi connectivity index (χ3v) is 4.59. The van der Waals surface area contributed by atoms with Crippen molar-refractivity contribution in [2.45, 2.75) is 24.9 Å². The van der Waals surface area contributed by atoms with Crippen molar-refractivity contribution in [1.82, 2.24) is 19.9 Å². The quantitative estimate of drug-likeness (QED) is 0.892. The molecule has 0 unspecified atom stereocenters. The Morgan fingerprint density at radius 3 is 2.38 bits per heavy atom. The number of nitrogens with zero attached hydrogens (tertiary/aromatic N) is 5. The van der Waals surface area contributed by atoms with Crippen molar-refractivity contribution < 1.29 is 13.2 Å². The van der Waals surface area contributed by atoms with Crippen LogP contribution >= 0.6 is 0 Å². The molecule has 4 rings (SSSR count). The number of rotatable bonds is 3. The molecule has 1 saturated heterocycles. The summed E-state index contributed by atoms with van der Waals surface area (Å²) in [7, 11) is 0. The minimum absolute atomic E-state index is 0.176. The molecule has 1 saturated carbocycles. The van der Waals surface area contributed by atoms with Crippen LogP contribution in [0.3, 0.4) is 0 Å².